The van der Waals surface area contributed by atoms with E-state index in [4.69, 9.17) is 0 Å². The fourth-order valence-electron chi connectivity index (χ4n) is 0.592. The molecule has 0 aliphatic carbocycles. The zero-order valence-electron chi connectivity index (χ0n) is 5.99. The molecule has 0 saturated heterocycles. The number of nitrogens with zero attached hydrogens (tertiary/aromatic N) is 3. The summed E-state index contributed by atoms with van der Waals surface area (Å²) in [6.07, 6.45) is 1.62. The van der Waals surface area contributed by atoms with Crippen LogP contribution in [-0.2, 0) is 0 Å². The van der Waals surface area contributed by atoms with Crippen LogP contribution in [0.5, 0.6) is 0 Å². The molecule has 0 radical (unpaired) electrons. The number of nitrogens with one attached hydrogen (secondary N) is 1. The molecule has 11 heavy (non-hydrogen) atoms. The molecule has 1 aromatic rings. The lowest BCUT2D eigenvalue weighted by molar-refractivity contribution is 1.01. The molecule has 0 amide bonds. The van der Waals surface area contributed by atoms with Crippen LogP contribution >= 0.6 is 0 Å². The molecule has 0 saturated carbocycles. The summed E-state index contributed by atoms with van der Waals surface area (Å²) in [5, 5.41) is 11.0. The van der Waals surface area contributed by atoms with E-state index < -0.39 is 0 Å². The number of aromatic nitrogens is 2. The molecule has 0 aromatic carbocycles. The Morgan fingerprint density at radius 2 is 2.27 bits per heavy atom. The standard InChI is InChI=1S/C7H8N4/c1-3-6-4-5-7(10-8-2)11-9-6/h3-5H,1-2H2,(H,10,11). The Bertz CT molecular complexity index is 252. The molecule has 0 bridgehead atoms. The highest BCUT2D eigenvalue weighted by Crippen LogP contribution is 2.01. The van der Waals surface area contributed by atoms with Crippen LogP contribution in [-0.4, -0.2) is 16.9 Å². The molecule has 1 N–H and O–H groups in total. The summed E-state index contributed by atoms with van der Waals surface area (Å²) in [6, 6.07) is 3.53. The molecule has 0 atom stereocenters. The van der Waals surface area contributed by atoms with E-state index in [1.807, 2.05) is 0 Å². The SMILES string of the molecule is C=Cc1ccc(NN=C)nn1. The van der Waals surface area contributed by atoms with E-state index in [0.29, 0.717) is 5.82 Å². The summed E-state index contributed by atoms with van der Waals surface area (Å²) in [5.74, 6) is 0.575. The van der Waals surface area contributed by atoms with Gasteiger partial charge in [0.05, 0.1) is 5.69 Å². The third-order valence-corrected chi connectivity index (χ3v) is 1.09. The lowest BCUT2D eigenvalue weighted by Gasteiger charge is -1.95. The third-order valence-electron chi connectivity index (χ3n) is 1.09. The summed E-state index contributed by atoms with van der Waals surface area (Å²) in [5.41, 5.74) is 3.30. The first-order valence-corrected chi connectivity index (χ1v) is 3.04. The molecular formula is C7H8N4. The Balaban J connectivity index is 2.81. The minimum Gasteiger partial charge on any atom is -0.260 e. The maximum Gasteiger partial charge on any atom is 0.168 e. The third kappa shape index (κ3) is 1.86. The van der Waals surface area contributed by atoms with E-state index in [0.717, 1.165) is 5.69 Å². The highest BCUT2D eigenvalue weighted by molar-refractivity contribution is 5.44. The second kappa shape index (κ2) is 3.46. The second-order valence-electron chi connectivity index (χ2n) is 1.82. The first-order valence-electron chi connectivity index (χ1n) is 3.04. The van der Waals surface area contributed by atoms with Gasteiger partial charge in [-0.25, -0.2) is 0 Å². The van der Waals surface area contributed by atoms with E-state index in [9.17, 15) is 0 Å². The predicted octanol–water partition coefficient (Wildman–Crippen LogP) is 1.15. The summed E-state index contributed by atoms with van der Waals surface area (Å²) in [4.78, 5) is 0. The van der Waals surface area contributed by atoms with Crippen molar-refractivity contribution in [3.05, 3.63) is 24.4 Å². The minimum atomic E-state index is 0.575. The summed E-state index contributed by atoms with van der Waals surface area (Å²) < 4.78 is 0. The van der Waals surface area contributed by atoms with Gasteiger partial charge in [-0.05, 0) is 18.2 Å². The molecule has 0 aliphatic heterocycles. The molecule has 0 spiro atoms. The molecule has 1 aromatic heterocycles. The van der Waals surface area contributed by atoms with Crippen molar-refractivity contribution in [3.8, 4) is 0 Å². The molecule has 1 rings (SSSR count). The van der Waals surface area contributed by atoms with Gasteiger partial charge in [0.15, 0.2) is 5.82 Å². The molecule has 56 valence electrons. The van der Waals surface area contributed by atoms with Gasteiger partial charge in [0.25, 0.3) is 0 Å². The zero-order chi connectivity index (χ0) is 8.10. The molecule has 4 nitrogen and oxygen atoms in total. The molecular weight excluding hydrogens is 140 g/mol. The van der Waals surface area contributed by atoms with Crippen LogP contribution in [0.15, 0.2) is 23.8 Å². The number of rotatable bonds is 3. The second-order valence-corrected chi connectivity index (χ2v) is 1.82. The van der Waals surface area contributed by atoms with Crippen LogP contribution in [0.1, 0.15) is 5.69 Å². The number of hydrogen-bond acceptors (Lipinski definition) is 4. The quantitative estimate of drug-likeness (QED) is 0.516. The van der Waals surface area contributed by atoms with Gasteiger partial charge in [0.1, 0.15) is 0 Å². The van der Waals surface area contributed by atoms with Crippen LogP contribution in [0.2, 0.25) is 0 Å². The van der Waals surface area contributed by atoms with Gasteiger partial charge in [0, 0.05) is 6.72 Å². The van der Waals surface area contributed by atoms with Gasteiger partial charge in [-0.3, -0.25) is 5.43 Å². The average Bonchev–Trinajstić information content (AvgIpc) is 2.07. The van der Waals surface area contributed by atoms with E-state index in [1.54, 1.807) is 18.2 Å². The average molecular weight is 148 g/mol. The van der Waals surface area contributed by atoms with Gasteiger partial charge in [-0.15, -0.1) is 10.2 Å². The Kier molecular flexibility index (Phi) is 2.32. The van der Waals surface area contributed by atoms with Crippen LogP contribution in [0, 0.1) is 0 Å². The van der Waals surface area contributed by atoms with Crippen molar-refractivity contribution in [2.75, 3.05) is 5.43 Å². The highest BCUT2D eigenvalue weighted by atomic mass is 15.3. The lowest BCUT2D eigenvalue weighted by atomic mass is 10.4. The smallest absolute Gasteiger partial charge is 0.168 e. The van der Waals surface area contributed by atoms with Crippen molar-refractivity contribution in [1.29, 1.82) is 0 Å². The fraction of sp³-hybridized carbons (Fsp3) is 0. The maximum atomic E-state index is 3.80. The molecule has 1 heterocycles. The van der Waals surface area contributed by atoms with Crippen LogP contribution in [0.4, 0.5) is 5.82 Å². The summed E-state index contributed by atoms with van der Waals surface area (Å²) in [6.45, 7) is 6.80. The van der Waals surface area contributed by atoms with Crippen molar-refractivity contribution in [2.24, 2.45) is 5.10 Å². The molecule has 0 fully saturated rings. The topological polar surface area (TPSA) is 50.2 Å². The van der Waals surface area contributed by atoms with Crippen molar-refractivity contribution < 1.29 is 0 Å². The largest absolute Gasteiger partial charge is 0.260 e. The summed E-state index contributed by atoms with van der Waals surface area (Å²) in [7, 11) is 0. The van der Waals surface area contributed by atoms with Crippen molar-refractivity contribution in [2.45, 2.75) is 0 Å². The predicted molar refractivity (Wildman–Crippen MR) is 45.3 cm³/mol. The Morgan fingerprint density at radius 3 is 2.73 bits per heavy atom. The van der Waals surface area contributed by atoms with Gasteiger partial charge < -0.3 is 0 Å². The number of hydrazone groups is 1. The van der Waals surface area contributed by atoms with Crippen molar-refractivity contribution in [1.82, 2.24) is 10.2 Å². The first-order chi connectivity index (χ1) is 5.36. The molecule has 0 aliphatic rings. The normalized spacial score (nSPS) is 8.73. The van der Waals surface area contributed by atoms with Crippen molar-refractivity contribution >= 4 is 18.6 Å². The van der Waals surface area contributed by atoms with Gasteiger partial charge in [-0.2, -0.15) is 5.10 Å². The Morgan fingerprint density at radius 1 is 1.45 bits per heavy atom. The Labute approximate surface area is 64.7 Å². The first kappa shape index (κ1) is 7.40. The Hall–Kier alpha value is -1.71. The van der Waals surface area contributed by atoms with E-state index in [2.05, 4.69) is 34.0 Å². The van der Waals surface area contributed by atoms with Crippen molar-refractivity contribution in [3.63, 3.8) is 0 Å². The van der Waals surface area contributed by atoms with Gasteiger partial charge >= 0.3 is 0 Å². The van der Waals surface area contributed by atoms with Crippen LogP contribution in [0.3, 0.4) is 0 Å². The fourth-order valence-corrected chi connectivity index (χ4v) is 0.592. The van der Waals surface area contributed by atoms with Crippen LogP contribution < -0.4 is 5.43 Å². The van der Waals surface area contributed by atoms with E-state index in [1.165, 1.54) is 0 Å². The zero-order valence-corrected chi connectivity index (χ0v) is 5.99. The minimum absolute atomic E-state index is 0.575. The monoisotopic (exact) mass is 148 g/mol. The lowest BCUT2D eigenvalue weighted by Crippen LogP contribution is -1.93. The maximum absolute atomic E-state index is 3.80. The highest BCUT2D eigenvalue weighted by Gasteiger charge is 1.90. The molecule has 4 heteroatoms. The summed E-state index contributed by atoms with van der Waals surface area (Å²) >= 11 is 0. The van der Waals surface area contributed by atoms with E-state index in [-0.39, 0.29) is 0 Å². The van der Waals surface area contributed by atoms with Gasteiger partial charge in [0.2, 0.25) is 0 Å². The number of anilines is 1. The van der Waals surface area contributed by atoms with Crippen LogP contribution in [0.25, 0.3) is 6.08 Å². The number of hydrogen-bond donors (Lipinski definition) is 1. The van der Waals surface area contributed by atoms with E-state index >= 15 is 0 Å². The molecule has 0 unspecified atom stereocenters. The van der Waals surface area contributed by atoms with Gasteiger partial charge in [-0.1, -0.05) is 6.58 Å².